The molecule has 9 heteroatoms. The fourth-order valence-electron chi connectivity index (χ4n) is 4.00. The number of piperidine rings is 1. The fourth-order valence-corrected chi connectivity index (χ4v) is 4.00. The van der Waals surface area contributed by atoms with E-state index in [0.29, 0.717) is 32.2 Å². The van der Waals surface area contributed by atoms with Gasteiger partial charge in [-0.15, -0.1) is 24.0 Å². The van der Waals surface area contributed by atoms with E-state index < -0.39 is 0 Å². The van der Waals surface area contributed by atoms with Gasteiger partial charge in [-0.25, -0.2) is 9.79 Å². The van der Waals surface area contributed by atoms with Gasteiger partial charge in [-0.05, 0) is 51.5 Å². The minimum absolute atomic E-state index is 0. The number of guanidine groups is 1. The van der Waals surface area contributed by atoms with E-state index in [9.17, 15) is 4.79 Å². The number of halogens is 1. The molecule has 1 aromatic carbocycles. The summed E-state index contributed by atoms with van der Waals surface area (Å²) in [4.78, 5) is 18.1. The Labute approximate surface area is 201 Å². The predicted molar refractivity (Wildman–Crippen MR) is 131 cm³/mol. The topological polar surface area (TPSA) is 98.4 Å². The molecule has 1 aromatic rings. The second-order valence-corrected chi connectivity index (χ2v) is 7.78. The molecule has 1 saturated carbocycles. The monoisotopic (exact) mass is 546 g/mol. The van der Waals surface area contributed by atoms with Crippen LogP contribution in [0.2, 0.25) is 0 Å². The molecule has 31 heavy (non-hydrogen) atoms. The Hall–Kier alpha value is -1.91. The Kier molecular flexibility index (Phi) is 10.5. The molecule has 2 aliphatic rings. The van der Waals surface area contributed by atoms with Crippen LogP contribution in [-0.4, -0.2) is 55.9 Å². The number of nitrogens with one attached hydrogen (secondary N) is 1. The van der Waals surface area contributed by atoms with Crippen molar-refractivity contribution in [2.24, 2.45) is 10.7 Å². The van der Waals surface area contributed by atoms with Gasteiger partial charge >= 0.3 is 6.09 Å². The van der Waals surface area contributed by atoms with E-state index in [2.05, 4.69) is 10.3 Å². The normalized spacial score (nSPS) is 17.7. The first-order chi connectivity index (χ1) is 14.6. The summed E-state index contributed by atoms with van der Waals surface area (Å²) < 4.78 is 16.8. The van der Waals surface area contributed by atoms with E-state index in [1.54, 1.807) is 12.0 Å². The average molecular weight is 546 g/mol. The second kappa shape index (κ2) is 12.8. The van der Waals surface area contributed by atoms with Gasteiger partial charge in [-0.3, -0.25) is 0 Å². The quantitative estimate of drug-likeness (QED) is 0.308. The van der Waals surface area contributed by atoms with Crippen molar-refractivity contribution in [1.29, 1.82) is 0 Å². The molecule has 0 bridgehead atoms. The number of para-hydroxylation sites is 1. The number of amides is 1. The number of rotatable bonds is 7. The van der Waals surface area contributed by atoms with Crippen LogP contribution in [0.3, 0.4) is 0 Å². The van der Waals surface area contributed by atoms with Crippen molar-refractivity contribution in [2.75, 3.05) is 26.8 Å². The highest BCUT2D eigenvalue weighted by Crippen LogP contribution is 2.35. The zero-order valence-electron chi connectivity index (χ0n) is 18.5. The summed E-state index contributed by atoms with van der Waals surface area (Å²) >= 11 is 0. The number of carbonyl (C=O) groups excluding carboxylic acids is 1. The minimum Gasteiger partial charge on any atom is -0.493 e. The van der Waals surface area contributed by atoms with Crippen LogP contribution in [-0.2, 0) is 11.3 Å². The number of carbonyl (C=O) groups is 1. The number of methoxy groups -OCH3 is 1. The van der Waals surface area contributed by atoms with Crippen molar-refractivity contribution in [3.05, 3.63) is 23.8 Å². The van der Waals surface area contributed by atoms with Crippen molar-refractivity contribution < 1.29 is 19.0 Å². The molecule has 174 valence electrons. The Morgan fingerprint density at radius 3 is 2.58 bits per heavy atom. The third kappa shape index (κ3) is 7.33. The molecule has 0 spiro atoms. The Morgan fingerprint density at radius 1 is 1.23 bits per heavy atom. The number of aliphatic imine (C=N–C) groups is 1. The Balaban J connectivity index is 0.00000341. The van der Waals surface area contributed by atoms with E-state index >= 15 is 0 Å². The van der Waals surface area contributed by atoms with Crippen molar-refractivity contribution in [1.82, 2.24) is 10.2 Å². The van der Waals surface area contributed by atoms with Crippen LogP contribution in [0.1, 0.15) is 51.0 Å². The average Bonchev–Trinajstić information content (AvgIpc) is 3.27. The van der Waals surface area contributed by atoms with Gasteiger partial charge in [0.15, 0.2) is 17.5 Å². The maximum atomic E-state index is 11.8. The highest BCUT2D eigenvalue weighted by molar-refractivity contribution is 14.0. The standard InChI is InChI=1S/C22H34N4O4.HI/c1-3-29-22(27)26-13-11-17(12-14-26)25-21(23)24-15-16-7-6-10-19(28-2)20(16)30-18-8-4-5-9-18;/h6-7,10,17-18H,3-5,8-9,11-15H2,1-2H3,(H3,23,24,25);1H. The molecule has 1 aliphatic heterocycles. The summed E-state index contributed by atoms with van der Waals surface area (Å²) in [5, 5.41) is 3.28. The van der Waals surface area contributed by atoms with E-state index in [-0.39, 0.29) is 42.2 Å². The highest BCUT2D eigenvalue weighted by Gasteiger charge is 2.24. The largest absolute Gasteiger partial charge is 0.493 e. The zero-order chi connectivity index (χ0) is 21.3. The van der Waals surface area contributed by atoms with Crippen LogP contribution < -0.4 is 20.5 Å². The van der Waals surface area contributed by atoms with Gasteiger partial charge in [-0.1, -0.05) is 12.1 Å². The molecular weight excluding hydrogens is 511 g/mol. The molecule has 8 nitrogen and oxygen atoms in total. The summed E-state index contributed by atoms with van der Waals surface area (Å²) in [5.74, 6) is 1.90. The summed E-state index contributed by atoms with van der Waals surface area (Å²) in [7, 11) is 1.66. The van der Waals surface area contributed by atoms with E-state index in [4.69, 9.17) is 19.9 Å². The summed E-state index contributed by atoms with van der Waals surface area (Å²) in [6.45, 7) is 3.93. The highest BCUT2D eigenvalue weighted by atomic mass is 127. The van der Waals surface area contributed by atoms with Gasteiger partial charge in [0.25, 0.3) is 0 Å². The first kappa shape index (κ1) is 25.4. The van der Waals surface area contributed by atoms with E-state index in [0.717, 1.165) is 42.7 Å². The van der Waals surface area contributed by atoms with Gasteiger partial charge < -0.3 is 30.2 Å². The van der Waals surface area contributed by atoms with Crippen LogP contribution in [0.25, 0.3) is 0 Å². The SMILES string of the molecule is CCOC(=O)N1CCC(NC(N)=NCc2cccc(OC)c2OC2CCCC2)CC1.I. The molecule has 3 N–H and O–H groups in total. The van der Waals surface area contributed by atoms with Gasteiger partial charge in [0, 0.05) is 24.7 Å². The minimum atomic E-state index is -0.245. The number of hydrogen-bond donors (Lipinski definition) is 2. The first-order valence-corrected chi connectivity index (χ1v) is 10.9. The molecule has 0 unspecified atom stereocenters. The van der Waals surface area contributed by atoms with Crippen LogP contribution >= 0.6 is 24.0 Å². The number of nitrogens with zero attached hydrogens (tertiary/aromatic N) is 2. The van der Waals surface area contributed by atoms with Crippen LogP contribution in [0.5, 0.6) is 11.5 Å². The van der Waals surface area contributed by atoms with E-state index in [1.807, 2.05) is 25.1 Å². The van der Waals surface area contributed by atoms with Crippen LogP contribution in [0.4, 0.5) is 4.79 Å². The van der Waals surface area contributed by atoms with Crippen molar-refractivity contribution in [3.63, 3.8) is 0 Å². The van der Waals surface area contributed by atoms with Crippen molar-refractivity contribution in [2.45, 2.75) is 64.1 Å². The lowest BCUT2D eigenvalue weighted by molar-refractivity contribution is 0.0963. The second-order valence-electron chi connectivity index (χ2n) is 7.78. The summed E-state index contributed by atoms with van der Waals surface area (Å²) in [6.07, 6.45) is 6.19. The maximum Gasteiger partial charge on any atom is 0.409 e. The van der Waals surface area contributed by atoms with Crippen LogP contribution in [0.15, 0.2) is 23.2 Å². The fraction of sp³-hybridized carbons (Fsp3) is 0.636. The molecule has 1 aliphatic carbocycles. The summed E-state index contributed by atoms with van der Waals surface area (Å²) in [5.41, 5.74) is 7.10. The third-order valence-corrected chi connectivity index (χ3v) is 5.66. The lowest BCUT2D eigenvalue weighted by atomic mass is 10.1. The smallest absolute Gasteiger partial charge is 0.409 e. The molecule has 0 radical (unpaired) electrons. The van der Waals surface area contributed by atoms with Crippen molar-refractivity contribution >= 4 is 36.0 Å². The van der Waals surface area contributed by atoms with Gasteiger partial charge in [0.2, 0.25) is 0 Å². The lowest BCUT2D eigenvalue weighted by Crippen LogP contribution is -2.48. The molecule has 2 fully saturated rings. The number of benzene rings is 1. The molecule has 1 saturated heterocycles. The molecule has 1 heterocycles. The molecule has 3 rings (SSSR count). The third-order valence-electron chi connectivity index (χ3n) is 5.66. The van der Waals surface area contributed by atoms with Crippen molar-refractivity contribution in [3.8, 4) is 11.5 Å². The zero-order valence-corrected chi connectivity index (χ0v) is 20.8. The predicted octanol–water partition coefficient (Wildman–Crippen LogP) is 3.66. The molecular formula is C22H35IN4O4. The number of hydrogen-bond acceptors (Lipinski definition) is 5. The van der Waals surface area contributed by atoms with E-state index in [1.165, 1.54) is 12.8 Å². The van der Waals surface area contributed by atoms with Crippen LogP contribution in [0, 0.1) is 0 Å². The molecule has 0 aromatic heterocycles. The Morgan fingerprint density at radius 2 is 1.94 bits per heavy atom. The van der Waals surface area contributed by atoms with Gasteiger partial charge in [0.05, 0.1) is 26.4 Å². The van der Waals surface area contributed by atoms with Gasteiger partial charge in [-0.2, -0.15) is 0 Å². The number of nitrogens with two attached hydrogens (primary N) is 1. The summed E-state index contributed by atoms with van der Waals surface area (Å²) in [6, 6.07) is 6.05. The molecule has 1 amide bonds. The number of likely N-dealkylation sites (tertiary alicyclic amines) is 1. The Bertz CT molecular complexity index is 732. The number of ether oxygens (including phenoxy) is 3. The molecule has 0 atom stereocenters. The lowest BCUT2D eigenvalue weighted by Gasteiger charge is -2.31. The first-order valence-electron chi connectivity index (χ1n) is 10.9. The van der Waals surface area contributed by atoms with Gasteiger partial charge in [0.1, 0.15) is 0 Å². The maximum absolute atomic E-state index is 11.8.